The average Bonchev–Trinajstić information content (AvgIpc) is 2.81. The molecule has 0 spiro atoms. The number of hydrogen-bond donors (Lipinski definition) is 2. The number of hydrogen-bond acceptors (Lipinski definition) is 4. The van der Waals surface area contributed by atoms with Gasteiger partial charge in [-0.25, -0.2) is 8.78 Å². The van der Waals surface area contributed by atoms with Gasteiger partial charge in [0.25, 0.3) is 0 Å². The topological polar surface area (TPSA) is 70.5 Å². The molecule has 2 aromatic rings. The van der Waals surface area contributed by atoms with Gasteiger partial charge in [-0.15, -0.1) is 0 Å². The molecule has 0 heterocycles. The van der Waals surface area contributed by atoms with Crippen LogP contribution in [0.25, 0.3) is 0 Å². The zero-order valence-electron chi connectivity index (χ0n) is 17.7. The number of benzene rings is 2. The zero-order valence-corrected chi connectivity index (χ0v) is 17.7. The smallest absolute Gasteiger partial charge is 0.118 e. The van der Waals surface area contributed by atoms with Gasteiger partial charge >= 0.3 is 0 Å². The molecule has 0 aliphatic heterocycles. The first-order chi connectivity index (χ1) is 14.6. The van der Waals surface area contributed by atoms with Crippen molar-refractivity contribution in [3.8, 4) is 11.5 Å². The lowest BCUT2D eigenvalue weighted by Gasteiger charge is -2.04. The molecule has 0 aromatic heterocycles. The molecule has 2 rings (SSSR count). The molecular weight excluding hydrogens is 386 g/mol. The van der Waals surface area contributed by atoms with Crippen molar-refractivity contribution >= 4 is 0 Å². The predicted molar refractivity (Wildman–Crippen MR) is 119 cm³/mol. The summed E-state index contributed by atoms with van der Waals surface area (Å²) in [6.07, 6.45) is 4.14. The largest absolute Gasteiger partial charge is 0.497 e. The molecule has 0 saturated carbocycles. The number of ether oxygens (including phenoxy) is 2. The van der Waals surface area contributed by atoms with Crippen LogP contribution in [-0.4, -0.2) is 27.3 Å². The van der Waals surface area contributed by atoms with Crippen molar-refractivity contribution in [2.75, 3.05) is 27.3 Å². The first kappa shape index (κ1) is 25.3. The van der Waals surface area contributed by atoms with Gasteiger partial charge < -0.3 is 20.9 Å². The highest BCUT2D eigenvalue weighted by Gasteiger charge is 1.99. The lowest BCUT2D eigenvalue weighted by molar-refractivity contribution is 0.414. The Morgan fingerprint density at radius 3 is 1.27 bits per heavy atom. The molecule has 0 unspecified atom stereocenters. The molecule has 30 heavy (non-hydrogen) atoms. The van der Waals surface area contributed by atoms with Crippen LogP contribution in [0.5, 0.6) is 11.5 Å². The summed E-state index contributed by atoms with van der Waals surface area (Å²) in [6, 6.07) is 15.5. The fourth-order valence-corrected chi connectivity index (χ4v) is 2.60. The summed E-state index contributed by atoms with van der Waals surface area (Å²) >= 11 is 0. The molecule has 4 nitrogen and oxygen atoms in total. The van der Waals surface area contributed by atoms with Crippen molar-refractivity contribution in [3.63, 3.8) is 0 Å². The second-order valence-electron chi connectivity index (χ2n) is 6.64. The molecule has 0 bridgehead atoms. The highest BCUT2D eigenvalue weighted by molar-refractivity contribution is 5.28. The highest BCUT2D eigenvalue weighted by Crippen LogP contribution is 2.15. The van der Waals surface area contributed by atoms with E-state index in [0.29, 0.717) is 36.6 Å². The van der Waals surface area contributed by atoms with Crippen molar-refractivity contribution in [2.24, 2.45) is 11.5 Å². The van der Waals surface area contributed by atoms with E-state index in [2.05, 4.69) is 0 Å². The Balaban J connectivity index is 0.000000300. The van der Waals surface area contributed by atoms with Crippen LogP contribution in [0.3, 0.4) is 0 Å². The quantitative estimate of drug-likeness (QED) is 0.577. The minimum absolute atomic E-state index is 0.284. The summed E-state index contributed by atoms with van der Waals surface area (Å²) in [7, 11) is 3.26. The Hall–Kier alpha value is -2.70. The van der Waals surface area contributed by atoms with Crippen LogP contribution in [0, 0.1) is 0 Å². The van der Waals surface area contributed by atoms with E-state index in [-0.39, 0.29) is 13.1 Å². The third kappa shape index (κ3) is 9.67. The van der Waals surface area contributed by atoms with Crippen molar-refractivity contribution in [2.45, 2.75) is 25.7 Å². The first-order valence-electron chi connectivity index (χ1n) is 9.82. The molecule has 2 aromatic carbocycles. The van der Waals surface area contributed by atoms with Crippen molar-refractivity contribution < 1.29 is 18.3 Å². The monoisotopic (exact) mass is 418 g/mol. The summed E-state index contributed by atoms with van der Waals surface area (Å²) in [5.74, 6) is 1.66. The fraction of sp³-hybridized carbons (Fsp3) is 0.333. The second kappa shape index (κ2) is 15.2. The molecule has 0 aliphatic rings. The molecule has 0 amide bonds. The summed E-state index contributed by atoms with van der Waals surface area (Å²) in [6.45, 7) is 0.569. The zero-order chi connectivity index (χ0) is 22.2. The Kier molecular flexibility index (Phi) is 12.8. The molecule has 6 heteroatoms. The molecule has 0 radical (unpaired) electrons. The van der Waals surface area contributed by atoms with Gasteiger partial charge in [0.2, 0.25) is 0 Å². The Bertz CT molecular complexity index is 705. The summed E-state index contributed by atoms with van der Waals surface area (Å²) in [5, 5.41) is 0. The minimum Gasteiger partial charge on any atom is -0.497 e. The predicted octanol–water partition coefficient (Wildman–Crippen LogP) is 4.88. The van der Waals surface area contributed by atoms with Crippen molar-refractivity contribution in [3.05, 3.63) is 83.5 Å². The van der Waals surface area contributed by atoms with Crippen LogP contribution in [0.1, 0.15) is 24.0 Å². The normalized spacial score (nSPS) is 11.5. The SMILES string of the molecule is COc1ccc(CC/C(=C/F)CN)cc1.COc1ccc(CC/C(=C\F)CN)cc1. The van der Waals surface area contributed by atoms with Gasteiger partial charge in [0, 0.05) is 13.1 Å². The van der Waals surface area contributed by atoms with Crippen LogP contribution in [-0.2, 0) is 12.8 Å². The lowest BCUT2D eigenvalue weighted by atomic mass is 10.1. The molecule has 0 aliphatic carbocycles. The molecule has 0 fully saturated rings. The lowest BCUT2D eigenvalue weighted by Crippen LogP contribution is -2.03. The Morgan fingerprint density at radius 1 is 0.700 bits per heavy atom. The first-order valence-corrected chi connectivity index (χ1v) is 9.82. The van der Waals surface area contributed by atoms with Gasteiger partial charge in [-0.1, -0.05) is 24.3 Å². The number of halogens is 2. The Morgan fingerprint density at radius 2 is 1.03 bits per heavy atom. The second-order valence-corrected chi connectivity index (χ2v) is 6.64. The third-order valence-electron chi connectivity index (χ3n) is 4.62. The van der Waals surface area contributed by atoms with E-state index >= 15 is 0 Å². The van der Waals surface area contributed by atoms with Crippen molar-refractivity contribution in [1.82, 2.24) is 0 Å². The van der Waals surface area contributed by atoms with Crippen LogP contribution in [0.2, 0.25) is 0 Å². The van der Waals surface area contributed by atoms with E-state index in [4.69, 9.17) is 20.9 Å². The van der Waals surface area contributed by atoms with Crippen LogP contribution in [0.15, 0.2) is 72.3 Å². The number of nitrogens with two attached hydrogens (primary N) is 2. The summed E-state index contributed by atoms with van der Waals surface area (Å²) < 4.78 is 34.5. The van der Waals surface area contributed by atoms with E-state index < -0.39 is 0 Å². The third-order valence-corrected chi connectivity index (χ3v) is 4.62. The number of rotatable bonds is 10. The molecule has 0 saturated heterocycles. The van der Waals surface area contributed by atoms with Crippen LogP contribution in [0.4, 0.5) is 8.78 Å². The van der Waals surface area contributed by atoms with E-state index in [0.717, 1.165) is 35.5 Å². The highest BCUT2D eigenvalue weighted by atomic mass is 19.1. The Labute approximate surface area is 178 Å². The minimum atomic E-state index is 0.284. The number of methoxy groups -OCH3 is 2. The maximum Gasteiger partial charge on any atom is 0.118 e. The van der Waals surface area contributed by atoms with E-state index in [1.54, 1.807) is 14.2 Å². The van der Waals surface area contributed by atoms with E-state index in [1.807, 2.05) is 48.5 Å². The van der Waals surface area contributed by atoms with Gasteiger partial charge in [0.15, 0.2) is 0 Å². The number of aryl methyl sites for hydroxylation is 2. The van der Waals surface area contributed by atoms with Crippen LogP contribution >= 0.6 is 0 Å². The summed E-state index contributed by atoms with van der Waals surface area (Å²) in [5.41, 5.74) is 14.3. The van der Waals surface area contributed by atoms with Gasteiger partial charge in [-0.3, -0.25) is 0 Å². The maximum atomic E-state index is 12.2. The van der Waals surface area contributed by atoms with Crippen molar-refractivity contribution in [1.29, 1.82) is 0 Å². The molecule has 4 N–H and O–H groups in total. The average molecular weight is 419 g/mol. The van der Waals surface area contributed by atoms with Gasteiger partial charge in [-0.2, -0.15) is 0 Å². The fourth-order valence-electron chi connectivity index (χ4n) is 2.60. The van der Waals surface area contributed by atoms with Gasteiger partial charge in [0.1, 0.15) is 11.5 Å². The molecular formula is C24H32F2N2O2. The van der Waals surface area contributed by atoms with E-state index in [1.165, 1.54) is 0 Å². The molecule has 0 atom stereocenters. The standard InChI is InChI=1S/2C12H16FNO/c2*1-15-12-6-4-10(5-7-12)2-3-11(8-13)9-14/h2*4-8H,2-3,9,14H2,1H3/b11-8+;11-8-. The van der Waals surface area contributed by atoms with Gasteiger partial charge in [0.05, 0.1) is 26.9 Å². The maximum absolute atomic E-state index is 12.2. The van der Waals surface area contributed by atoms with Gasteiger partial charge in [-0.05, 0) is 72.2 Å². The summed E-state index contributed by atoms with van der Waals surface area (Å²) in [4.78, 5) is 0. The van der Waals surface area contributed by atoms with E-state index in [9.17, 15) is 8.78 Å². The molecule has 164 valence electrons. The van der Waals surface area contributed by atoms with Crippen LogP contribution < -0.4 is 20.9 Å².